The summed E-state index contributed by atoms with van der Waals surface area (Å²) in [6.45, 7) is 4.13. The zero-order valence-corrected chi connectivity index (χ0v) is 16.9. The zero-order valence-electron chi connectivity index (χ0n) is 16.9. The number of benzene rings is 4. The average Bonchev–Trinajstić information content (AvgIpc) is 2.97. The predicted octanol–water partition coefficient (Wildman–Crippen LogP) is 5.60. The molecule has 0 bridgehead atoms. The third-order valence-electron chi connectivity index (χ3n) is 6.42. The van der Waals surface area contributed by atoms with Crippen LogP contribution in [-0.4, -0.2) is 12.2 Å². The Hall–Kier alpha value is -2.94. The molecule has 2 heteroatoms. The Kier molecular flexibility index (Phi) is 3.92. The second-order valence-electron chi connectivity index (χ2n) is 8.04. The lowest BCUT2D eigenvalue weighted by Gasteiger charge is -2.43. The van der Waals surface area contributed by atoms with Gasteiger partial charge in [0.05, 0.1) is 0 Å². The number of ether oxygens (including phenoxy) is 1. The molecule has 144 valence electrons. The van der Waals surface area contributed by atoms with Crippen LogP contribution in [0.3, 0.4) is 0 Å². The molecule has 1 N–H and O–H groups in total. The second kappa shape index (κ2) is 6.28. The minimum absolute atomic E-state index is 0.828. The van der Waals surface area contributed by atoms with Gasteiger partial charge in [-0.05, 0) is 41.3 Å². The lowest BCUT2D eigenvalue weighted by molar-refractivity contribution is -0.127. The van der Waals surface area contributed by atoms with Gasteiger partial charge in [-0.2, -0.15) is 0 Å². The molecule has 0 radical (unpaired) electrons. The van der Waals surface area contributed by atoms with Crippen LogP contribution in [-0.2, 0) is 15.9 Å². The van der Waals surface area contributed by atoms with Crippen molar-refractivity contribution in [2.45, 2.75) is 25.0 Å². The Labute approximate surface area is 171 Å². The maximum absolute atomic E-state index is 12.6. The van der Waals surface area contributed by atoms with Gasteiger partial charge in [-0.1, -0.05) is 96.1 Å². The number of methoxy groups -OCH3 is 1. The Morgan fingerprint density at radius 3 is 1.72 bits per heavy atom. The van der Waals surface area contributed by atoms with Crippen molar-refractivity contribution in [3.05, 3.63) is 118 Å². The lowest BCUT2D eigenvalue weighted by atomic mass is 9.71. The lowest BCUT2D eigenvalue weighted by Crippen LogP contribution is -2.49. The summed E-state index contributed by atoms with van der Waals surface area (Å²) in [5.74, 6) is 0. The highest BCUT2D eigenvalue weighted by molar-refractivity contribution is 5.95. The summed E-state index contributed by atoms with van der Waals surface area (Å²) in [5.41, 5.74) is 3.59. The highest BCUT2D eigenvalue weighted by Crippen LogP contribution is 2.59. The van der Waals surface area contributed by atoms with Crippen LogP contribution in [0, 0.1) is 13.8 Å². The van der Waals surface area contributed by atoms with E-state index in [0.717, 1.165) is 38.6 Å². The highest BCUT2D eigenvalue weighted by Gasteiger charge is 2.61. The Balaban J connectivity index is 1.94. The smallest absolute Gasteiger partial charge is 0.155 e. The van der Waals surface area contributed by atoms with E-state index in [-0.39, 0.29) is 0 Å². The normalized spacial score (nSPS) is 22.9. The quantitative estimate of drug-likeness (QED) is 0.502. The molecule has 1 aliphatic carbocycles. The Morgan fingerprint density at radius 2 is 1.17 bits per heavy atom. The summed E-state index contributed by atoms with van der Waals surface area (Å²) in [7, 11) is 1.70. The molecule has 0 amide bonds. The first-order valence-corrected chi connectivity index (χ1v) is 9.97. The van der Waals surface area contributed by atoms with Crippen LogP contribution in [0.25, 0.3) is 10.8 Å². The summed E-state index contributed by atoms with van der Waals surface area (Å²) in [6, 6.07) is 28.8. The standard InChI is InChI=1S/C27H24O2/c1-18-10-14-21(15-11-18)26(28)23-8-4-6-20-7-5-9-24(25(20)23)27(26,29-3)22-16-12-19(2)13-17-22/h4-17,28H,1-3H3/t26-,27+/m1/s1. The van der Waals surface area contributed by atoms with Crippen molar-refractivity contribution in [1.29, 1.82) is 0 Å². The summed E-state index contributed by atoms with van der Waals surface area (Å²) >= 11 is 0. The monoisotopic (exact) mass is 380 g/mol. The van der Waals surface area contributed by atoms with Gasteiger partial charge < -0.3 is 9.84 Å². The van der Waals surface area contributed by atoms with Gasteiger partial charge in [-0.25, -0.2) is 0 Å². The van der Waals surface area contributed by atoms with Crippen LogP contribution in [0.15, 0.2) is 84.9 Å². The molecule has 0 spiro atoms. The number of rotatable bonds is 3. The van der Waals surface area contributed by atoms with Crippen LogP contribution in [0.5, 0.6) is 0 Å². The van der Waals surface area contributed by atoms with Crippen molar-refractivity contribution < 1.29 is 9.84 Å². The molecular formula is C27H24O2. The third kappa shape index (κ3) is 2.24. The molecule has 0 fully saturated rings. The fourth-order valence-electron chi connectivity index (χ4n) is 5.00. The van der Waals surface area contributed by atoms with E-state index in [9.17, 15) is 5.11 Å². The molecule has 0 unspecified atom stereocenters. The van der Waals surface area contributed by atoms with Crippen molar-refractivity contribution >= 4 is 10.8 Å². The number of aliphatic hydroxyl groups is 1. The first-order chi connectivity index (χ1) is 14.0. The predicted molar refractivity (Wildman–Crippen MR) is 117 cm³/mol. The number of hydrogen-bond donors (Lipinski definition) is 1. The van der Waals surface area contributed by atoms with E-state index < -0.39 is 11.2 Å². The molecule has 4 aromatic carbocycles. The summed E-state index contributed by atoms with van der Waals surface area (Å²) in [4.78, 5) is 0. The van der Waals surface area contributed by atoms with Crippen LogP contribution in [0.1, 0.15) is 33.4 Å². The fraction of sp³-hybridized carbons (Fsp3) is 0.185. The van der Waals surface area contributed by atoms with E-state index in [1.807, 2.05) is 42.5 Å². The van der Waals surface area contributed by atoms with Gasteiger partial charge in [0, 0.05) is 12.7 Å². The van der Waals surface area contributed by atoms with E-state index >= 15 is 0 Å². The molecule has 2 nitrogen and oxygen atoms in total. The van der Waals surface area contributed by atoms with E-state index in [4.69, 9.17) is 4.74 Å². The van der Waals surface area contributed by atoms with Gasteiger partial charge >= 0.3 is 0 Å². The van der Waals surface area contributed by atoms with Crippen LogP contribution in [0.2, 0.25) is 0 Å². The van der Waals surface area contributed by atoms with E-state index in [1.165, 1.54) is 5.56 Å². The fourth-order valence-corrected chi connectivity index (χ4v) is 5.00. The molecule has 5 rings (SSSR count). The maximum atomic E-state index is 12.6. The van der Waals surface area contributed by atoms with Crippen LogP contribution in [0.4, 0.5) is 0 Å². The van der Waals surface area contributed by atoms with Crippen molar-refractivity contribution in [3.8, 4) is 0 Å². The van der Waals surface area contributed by atoms with Gasteiger partial charge in [0.2, 0.25) is 0 Å². The van der Waals surface area contributed by atoms with Crippen molar-refractivity contribution in [2.75, 3.05) is 7.11 Å². The average molecular weight is 380 g/mol. The molecule has 0 heterocycles. The van der Waals surface area contributed by atoms with Crippen molar-refractivity contribution in [1.82, 2.24) is 0 Å². The molecule has 1 aliphatic rings. The minimum Gasteiger partial charge on any atom is -0.377 e. The highest BCUT2D eigenvalue weighted by atomic mass is 16.5. The summed E-state index contributed by atoms with van der Waals surface area (Å²) in [6.07, 6.45) is 0. The molecular weight excluding hydrogens is 356 g/mol. The number of aryl methyl sites for hydroxylation is 2. The van der Waals surface area contributed by atoms with Crippen molar-refractivity contribution in [2.24, 2.45) is 0 Å². The van der Waals surface area contributed by atoms with Crippen molar-refractivity contribution in [3.63, 3.8) is 0 Å². The molecule has 0 aliphatic heterocycles. The zero-order chi connectivity index (χ0) is 20.2. The molecule has 0 saturated heterocycles. The van der Waals surface area contributed by atoms with E-state index in [0.29, 0.717) is 0 Å². The van der Waals surface area contributed by atoms with Gasteiger partial charge in [-0.15, -0.1) is 0 Å². The molecule has 0 saturated carbocycles. The summed E-state index contributed by atoms with van der Waals surface area (Å²) in [5, 5.41) is 14.8. The number of hydrogen-bond acceptors (Lipinski definition) is 2. The minimum atomic E-state index is -1.35. The third-order valence-corrected chi connectivity index (χ3v) is 6.42. The largest absolute Gasteiger partial charge is 0.377 e. The van der Waals surface area contributed by atoms with E-state index in [2.05, 4.69) is 56.3 Å². The van der Waals surface area contributed by atoms with Crippen LogP contribution >= 0.6 is 0 Å². The SMILES string of the molecule is CO[C@@]1(c2ccc(C)cc2)c2cccc3cccc(c23)[C@]1(O)c1ccc(C)cc1. The molecule has 2 atom stereocenters. The van der Waals surface area contributed by atoms with Gasteiger partial charge in [0.15, 0.2) is 11.2 Å². The summed E-state index contributed by atoms with van der Waals surface area (Å²) < 4.78 is 6.35. The second-order valence-corrected chi connectivity index (χ2v) is 8.04. The molecule has 29 heavy (non-hydrogen) atoms. The van der Waals surface area contributed by atoms with Crippen LogP contribution < -0.4 is 0 Å². The first kappa shape index (κ1) is 18.1. The Morgan fingerprint density at radius 1 is 0.655 bits per heavy atom. The topological polar surface area (TPSA) is 29.5 Å². The molecule has 0 aromatic heterocycles. The Bertz CT molecular complexity index is 1200. The first-order valence-electron chi connectivity index (χ1n) is 9.97. The van der Waals surface area contributed by atoms with Gasteiger partial charge in [0.1, 0.15) is 0 Å². The van der Waals surface area contributed by atoms with Gasteiger partial charge in [0.25, 0.3) is 0 Å². The molecule has 4 aromatic rings. The maximum Gasteiger partial charge on any atom is 0.155 e. The van der Waals surface area contributed by atoms with Gasteiger partial charge in [-0.3, -0.25) is 0 Å². The van der Waals surface area contributed by atoms with E-state index in [1.54, 1.807) is 7.11 Å².